The van der Waals surface area contributed by atoms with Crippen LogP contribution in [0.2, 0.25) is 0 Å². The van der Waals surface area contributed by atoms with Crippen LogP contribution in [-0.2, 0) is 26.2 Å². The first-order valence-corrected chi connectivity index (χ1v) is 22.8. The van der Waals surface area contributed by atoms with E-state index in [4.69, 9.17) is 16.5 Å². The number of aromatic hydroxyl groups is 4. The monoisotopic (exact) mass is 950 g/mol. The number of phenols is 4. The quantitative estimate of drug-likeness (QED) is 0.0415. The van der Waals surface area contributed by atoms with Crippen molar-refractivity contribution in [1.29, 1.82) is 0 Å². The summed E-state index contributed by atoms with van der Waals surface area (Å²) in [5.41, 5.74) is 21.0. The van der Waals surface area contributed by atoms with Gasteiger partial charge in [-0.1, -0.05) is 42.5 Å². The van der Waals surface area contributed by atoms with Gasteiger partial charge in [0.25, 0.3) is 0 Å². The van der Waals surface area contributed by atoms with E-state index in [0.717, 1.165) is 28.2 Å². The molecule has 6 aromatic carbocycles. The molecule has 354 valence electrons. The minimum Gasteiger partial charge on any atom is -0.508 e. The fraction of sp³-hybridized carbons (Fsp3) is 0.0714. The number of hydrogen-bond donors (Lipinski definition) is 6. The molecule has 0 fully saturated rings. The van der Waals surface area contributed by atoms with E-state index in [1.54, 1.807) is 85.5 Å². The van der Waals surface area contributed by atoms with E-state index >= 15 is 0 Å². The summed E-state index contributed by atoms with van der Waals surface area (Å²) >= 11 is 0. The van der Waals surface area contributed by atoms with E-state index in [1.165, 1.54) is 12.1 Å². The van der Waals surface area contributed by atoms with Crippen LogP contribution in [0, 0.1) is 0 Å². The average molecular weight is 951 g/mol. The van der Waals surface area contributed by atoms with Crippen LogP contribution in [0.25, 0.3) is 32.7 Å². The number of nitrogen functional groups attached to an aromatic ring is 2. The van der Waals surface area contributed by atoms with Crippen molar-refractivity contribution < 1.29 is 20.4 Å². The summed E-state index contributed by atoms with van der Waals surface area (Å²) in [6, 6.07) is 46.5. The van der Waals surface area contributed by atoms with Gasteiger partial charge in [-0.2, -0.15) is 5.11 Å². The fourth-order valence-corrected chi connectivity index (χ4v) is 8.43. The molecule has 16 nitrogen and oxygen atoms in total. The first-order valence-electron chi connectivity index (χ1n) is 22.8. The third kappa shape index (κ3) is 10.2. The Morgan fingerprint density at radius 3 is 1.61 bits per heavy atom. The van der Waals surface area contributed by atoms with E-state index in [1.807, 2.05) is 89.8 Å². The van der Waals surface area contributed by atoms with E-state index < -0.39 is 0 Å². The molecule has 0 aliphatic heterocycles. The van der Waals surface area contributed by atoms with Crippen molar-refractivity contribution in [1.82, 2.24) is 19.9 Å². The number of fused-ring (bicyclic) bond motifs is 2. The highest BCUT2D eigenvalue weighted by Gasteiger charge is 2.19. The molecule has 0 saturated carbocycles. The summed E-state index contributed by atoms with van der Waals surface area (Å²) in [5.74, 6) is -0.226. The Labute approximate surface area is 413 Å². The summed E-state index contributed by atoms with van der Waals surface area (Å²) in [6.45, 7) is 1.69. The first-order chi connectivity index (χ1) is 35.1. The van der Waals surface area contributed by atoms with Crippen molar-refractivity contribution in [3.8, 4) is 34.1 Å². The summed E-state index contributed by atoms with van der Waals surface area (Å²) in [4.78, 5) is 22.6. The highest BCUT2D eigenvalue weighted by atomic mass is 16.3. The zero-order valence-electron chi connectivity index (χ0n) is 38.6. The molecule has 0 bridgehead atoms. The molecule has 0 aliphatic rings. The molecule has 0 atom stereocenters. The van der Waals surface area contributed by atoms with Gasteiger partial charge in [0.15, 0.2) is 0 Å². The Morgan fingerprint density at radius 1 is 0.444 bits per heavy atom. The molecule has 0 amide bonds. The number of phenolic OH excluding ortho intramolecular Hbond substituents is 4. The minimum atomic E-state index is -0.112. The summed E-state index contributed by atoms with van der Waals surface area (Å²) in [7, 11) is 0. The Morgan fingerprint density at radius 2 is 1.01 bits per heavy atom. The van der Waals surface area contributed by atoms with Crippen LogP contribution in [0.3, 0.4) is 0 Å². The smallest absolute Gasteiger partial charge is 0.143 e. The Balaban J connectivity index is 0.908. The number of nitrogens with zero attached hydrogens (tertiary/aromatic N) is 10. The van der Waals surface area contributed by atoms with Crippen molar-refractivity contribution in [2.75, 3.05) is 21.3 Å². The second-order valence-electron chi connectivity index (χ2n) is 17.0. The van der Waals surface area contributed by atoms with Gasteiger partial charge in [-0.05, 0) is 126 Å². The third-order valence-corrected chi connectivity index (χ3v) is 12.0. The number of pyridine rings is 4. The lowest BCUT2D eigenvalue weighted by molar-refractivity contribution is 0.474. The number of hydrogen-bond acceptors (Lipinski definition) is 16. The molecular formula is C56H46N12O4. The molecule has 0 radical (unpaired) electrons. The predicted molar refractivity (Wildman–Crippen MR) is 280 cm³/mol. The lowest BCUT2D eigenvalue weighted by atomic mass is 9.99. The number of nitrogens with two attached hydrogens (primary N) is 2. The summed E-state index contributed by atoms with van der Waals surface area (Å²) in [6.07, 6.45) is 6.94. The van der Waals surface area contributed by atoms with Crippen LogP contribution in [0.1, 0.15) is 22.8 Å². The summed E-state index contributed by atoms with van der Waals surface area (Å²) < 4.78 is 0. The normalized spacial score (nSPS) is 11.5. The SMILES string of the molecule is Nc1ccc(N(Cc2ccccn2)Cc2ccc(-c3cc4ccc(O)c(/N=N/c5ccc(N(Cc6ccccn6)Cc6ccccn6)c(N)c5)c4cc3O)cn2)c(/N=N/c2c(O)ccc3ccc(O)cc23)c1. The Hall–Kier alpha value is -9.96. The third-order valence-electron chi connectivity index (χ3n) is 12.0. The maximum atomic E-state index is 11.5. The van der Waals surface area contributed by atoms with Crippen LogP contribution >= 0.6 is 0 Å². The Bertz CT molecular complexity index is 3570. The number of benzene rings is 6. The van der Waals surface area contributed by atoms with Gasteiger partial charge >= 0.3 is 0 Å². The fourth-order valence-electron chi connectivity index (χ4n) is 8.43. The van der Waals surface area contributed by atoms with Gasteiger partial charge in [-0.15, -0.1) is 15.3 Å². The zero-order chi connectivity index (χ0) is 49.6. The zero-order valence-corrected chi connectivity index (χ0v) is 38.6. The van der Waals surface area contributed by atoms with Gasteiger partial charge in [0.1, 0.15) is 40.1 Å². The number of aromatic nitrogens is 4. The second kappa shape index (κ2) is 20.3. The number of azo groups is 2. The molecule has 0 spiro atoms. The van der Waals surface area contributed by atoms with Crippen molar-refractivity contribution in [2.45, 2.75) is 26.2 Å². The number of rotatable bonds is 15. The second-order valence-corrected chi connectivity index (χ2v) is 17.0. The van der Waals surface area contributed by atoms with Crippen molar-refractivity contribution >= 4 is 67.0 Å². The van der Waals surface area contributed by atoms with Crippen LogP contribution in [0.4, 0.5) is 45.5 Å². The predicted octanol–water partition coefficient (Wildman–Crippen LogP) is 12.5. The van der Waals surface area contributed by atoms with Gasteiger partial charge in [0.05, 0.1) is 71.7 Å². The highest BCUT2D eigenvalue weighted by molar-refractivity contribution is 5.99. The van der Waals surface area contributed by atoms with Crippen LogP contribution in [-0.4, -0.2) is 40.4 Å². The van der Waals surface area contributed by atoms with Gasteiger partial charge in [0, 0.05) is 52.4 Å². The molecule has 4 heterocycles. The molecular weight excluding hydrogens is 905 g/mol. The molecule has 16 heteroatoms. The van der Waals surface area contributed by atoms with Crippen LogP contribution < -0.4 is 21.3 Å². The minimum absolute atomic E-state index is 0.0295. The maximum Gasteiger partial charge on any atom is 0.143 e. The molecule has 0 unspecified atom stereocenters. The molecule has 0 aliphatic carbocycles. The van der Waals surface area contributed by atoms with E-state index in [-0.39, 0.29) is 34.4 Å². The summed E-state index contributed by atoms with van der Waals surface area (Å²) in [5, 5.41) is 64.1. The molecule has 10 rings (SSSR count). The lowest BCUT2D eigenvalue weighted by Crippen LogP contribution is -2.24. The van der Waals surface area contributed by atoms with Crippen LogP contribution in [0.15, 0.2) is 203 Å². The molecule has 8 N–H and O–H groups in total. The topological polar surface area (TPSA) is 240 Å². The Kier molecular flexibility index (Phi) is 12.9. The molecule has 4 aromatic heterocycles. The van der Waals surface area contributed by atoms with E-state index in [0.29, 0.717) is 87.6 Å². The van der Waals surface area contributed by atoms with Gasteiger partial charge in [0.2, 0.25) is 0 Å². The van der Waals surface area contributed by atoms with Crippen molar-refractivity contribution in [2.24, 2.45) is 20.5 Å². The average Bonchev–Trinajstić information content (AvgIpc) is 3.39. The molecule has 10 aromatic rings. The van der Waals surface area contributed by atoms with Gasteiger partial charge in [-0.25, -0.2) is 0 Å². The van der Waals surface area contributed by atoms with Gasteiger partial charge in [-0.3, -0.25) is 19.9 Å². The molecule has 0 saturated heterocycles. The first kappa shape index (κ1) is 45.8. The molecule has 72 heavy (non-hydrogen) atoms. The van der Waals surface area contributed by atoms with E-state index in [2.05, 4.69) is 40.3 Å². The van der Waals surface area contributed by atoms with Crippen molar-refractivity contribution in [3.63, 3.8) is 0 Å². The number of anilines is 4. The van der Waals surface area contributed by atoms with Crippen molar-refractivity contribution in [3.05, 3.63) is 205 Å². The maximum absolute atomic E-state index is 11.5. The largest absolute Gasteiger partial charge is 0.508 e. The highest BCUT2D eigenvalue weighted by Crippen LogP contribution is 2.43. The van der Waals surface area contributed by atoms with Gasteiger partial charge < -0.3 is 41.7 Å². The lowest BCUT2D eigenvalue weighted by Gasteiger charge is -2.25. The van der Waals surface area contributed by atoms with Crippen LogP contribution in [0.5, 0.6) is 23.0 Å². The van der Waals surface area contributed by atoms with E-state index in [9.17, 15) is 20.4 Å². The standard InChI is InChI=1S/C56H46N12O4/c57-38-14-18-51(49(26-38)64-66-55-46-28-44(69)17-11-35(46)12-20-52(55)70)68(33-42-9-3-6-24-61-42)34-43-15-10-37(30-62-43)45-25-36-13-21-53(71)56(47(36)29-54(45)72)65-63-39-16-19-50(48(58)27-39)67(31-40-7-1-4-22-59-40)32-41-8-2-5-23-60-41/h1-30,69-72H,31-34,57-58H2/b65-63+,66-64+.